The summed E-state index contributed by atoms with van der Waals surface area (Å²) in [6, 6.07) is 19.5. The van der Waals surface area contributed by atoms with Crippen molar-refractivity contribution in [3.05, 3.63) is 60.7 Å². The van der Waals surface area contributed by atoms with E-state index < -0.39 is 6.00 Å². The highest BCUT2D eigenvalue weighted by atomic mass is 35.8. The minimum absolute atomic E-state index is 0.358. The van der Waals surface area contributed by atoms with Crippen LogP contribution in [0.25, 0.3) is 0 Å². The van der Waals surface area contributed by atoms with Crippen molar-refractivity contribution in [3.63, 3.8) is 0 Å². The van der Waals surface area contributed by atoms with E-state index in [2.05, 4.69) is 60.7 Å². The second kappa shape index (κ2) is 7.82. The van der Waals surface area contributed by atoms with E-state index in [1.807, 2.05) is 0 Å². The van der Waals surface area contributed by atoms with Crippen LogP contribution >= 0.6 is 41.2 Å². The van der Waals surface area contributed by atoms with Gasteiger partial charge in [-0.1, -0.05) is 60.7 Å². The summed E-state index contributed by atoms with van der Waals surface area (Å²) >= 11 is 18.0. The summed E-state index contributed by atoms with van der Waals surface area (Å²) in [7, 11) is -0.358. The van der Waals surface area contributed by atoms with Gasteiger partial charge in [-0.25, -0.2) is 0 Å². The Bertz CT molecular complexity index is 474. The van der Waals surface area contributed by atoms with Gasteiger partial charge in [-0.05, 0) is 37.2 Å². The molecule has 20 heavy (non-hydrogen) atoms. The van der Waals surface area contributed by atoms with E-state index >= 15 is 0 Å². The molecule has 0 nitrogen and oxygen atoms in total. The van der Waals surface area contributed by atoms with Gasteiger partial charge in [-0.3, -0.25) is 0 Å². The summed E-state index contributed by atoms with van der Waals surface area (Å²) in [5.74, 6) is 0. The molecule has 0 fully saturated rings. The minimum Gasteiger partial charge on any atom is -0.126 e. The Morgan fingerprint density at radius 2 is 1.20 bits per heavy atom. The number of rotatable bonds is 6. The fourth-order valence-electron chi connectivity index (χ4n) is 2.06. The van der Waals surface area contributed by atoms with Gasteiger partial charge in [0.05, 0.1) is 0 Å². The lowest BCUT2D eigenvalue weighted by atomic mass is 10.4. The van der Waals surface area contributed by atoms with E-state index in [9.17, 15) is 0 Å². The molecule has 0 aliphatic carbocycles. The molecular formula is C15H16Cl3PSi. The molecule has 0 amide bonds. The Kier molecular flexibility index (Phi) is 6.39. The molecule has 2 rings (SSSR count). The van der Waals surface area contributed by atoms with Crippen LogP contribution in [-0.2, 0) is 0 Å². The Morgan fingerprint density at radius 1 is 0.750 bits per heavy atom. The lowest BCUT2D eigenvalue weighted by Crippen LogP contribution is -2.16. The molecule has 2 aromatic carbocycles. The summed E-state index contributed by atoms with van der Waals surface area (Å²) in [6.45, 7) is 0. The van der Waals surface area contributed by atoms with E-state index in [1.54, 1.807) is 0 Å². The Hall–Kier alpha value is -0.0431. The monoisotopic (exact) mass is 360 g/mol. The van der Waals surface area contributed by atoms with Crippen LogP contribution < -0.4 is 10.6 Å². The molecule has 0 heterocycles. The largest absolute Gasteiger partial charge is 0.341 e. The average Bonchev–Trinajstić information content (AvgIpc) is 2.44. The molecule has 0 bridgehead atoms. The van der Waals surface area contributed by atoms with Crippen LogP contribution in [0.1, 0.15) is 6.42 Å². The maximum absolute atomic E-state index is 5.99. The molecule has 0 aliphatic rings. The zero-order valence-corrected chi connectivity index (χ0v) is 15.1. The van der Waals surface area contributed by atoms with Crippen molar-refractivity contribution in [2.45, 2.75) is 12.5 Å². The standard InChI is InChI=1S/C15H16Cl3PSi/c16-20(17,18)13-7-12-19(14-8-3-1-4-9-14)15-10-5-2-6-11-15/h1-6,8-11H,7,12-13H2. The third-order valence-corrected chi connectivity index (χ3v) is 8.21. The highest BCUT2D eigenvalue weighted by molar-refractivity contribution is 7.73. The number of hydrogen-bond donors (Lipinski definition) is 0. The molecule has 0 N–H and O–H groups in total. The quantitative estimate of drug-likeness (QED) is 0.378. The van der Waals surface area contributed by atoms with Crippen molar-refractivity contribution in [1.29, 1.82) is 0 Å². The van der Waals surface area contributed by atoms with Crippen LogP contribution in [0.2, 0.25) is 6.04 Å². The van der Waals surface area contributed by atoms with Crippen molar-refractivity contribution in [1.82, 2.24) is 0 Å². The molecule has 0 saturated heterocycles. The van der Waals surface area contributed by atoms with Crippen LogP contribution in [-0.4, -0.2) is 12.2 Å². The summed E-state index contributed by atoms with van der Waals surface area (Å²) in [4.78, 5) is 0. The average molecular weight is 362 g/mol. The first-order valence-corrected chi connectivity index (χ1v) is 13.3. The molecule has 0 aromatic heterocycles. The molecular weight excluding hydrogens is 346 g/mol. The minimum atomic E-state index is -2.50. The van der Waals surface area contributed by atoms with Gasteiger partial charge in [0.15, 0.2) is 0 Å². The van der Waals surface area contributed by atoms with Gasteiger partial charge < -0.3 is 0 Å². The third-order valence-electron chi connectivity index (χ3n) is 2.98. The van der Waals surface area contributed by atoms with Gasteiger partial charge in [0.2, 0.25) is 0 Å². The van der Waals surface area contributed by atoms with Gasteiger partial charge in [0.1, 0.15) is 0 Å². The molecule has 0 spiro atoms. The van der Waals surface area contributed by atoms with Gasteiger partial charge >= 0.3 is 6.00 Å². The first-order chi connectivity index (χ1) is 9.56. The van der Waals surface area contributed by atoms with E-state index in [0.717, 1.165) is 18.6 Å². The SMILES string of the molecule is Cl[Si](Cl)(Cl)CCCP(c1ccccc1)c1ccccc1. The Labute approximate surface area is 136 Å². The second-order valence-corrected chi connectivity index (χ2v) is 16.2. The van der Waals surface area contributed by atoms with Crippen LogP contribution in [0.4, 0.5) is 0 Å². The number of halogens is 3. The summed E-state index contributed by atoms with van der Waals surface area (Å²) in [5, 5.41) is 2.78. The predicted octanol–water partition coefficient (Wildman–Crippen LogP) is 5.16. The fourth-order valence-corrected chi connectivity index (χ4v) is 6.49. The van der Waals surface area contributed by atoms with Crippen molar-refractivity contribution in [3.8, 4) is 0 Å². The number of hydrogen-bond acceptors (Lipinski definition) is 0. The lowest BCUT2D eigenvalue weighted by molar-refractivity contribution is 1.09. The van der Waals surface area contributed by atoms with Crippen LogP contribution in [0, 0.1) is 0 Å². The molecule has 106 valence electrons. The lowest BCUT2D eigenvalue weighted by Gasteiger charge is -2.19. The summed E-state index contributed by atoms with van der Waals surface area (Å²) < 4.78 is 0. The molecule has 0 unspecified atom stereocenters. The first-order valence-electron chi connectivity index (χ1n) is 6.51. The third kappa shape index (κ3) is 5.39. The van der Waals surface area contributed by atoms with Crippen LogP contribution in [0.3, 0.4) is 0 Å². The highest BCUT2D eigenvalue weighted by Crippen LogP contribution is 2.37. The van der Waals surface area contributed by atoms with Crippen LogP contribution in [0.15, 0.2) is 60.7 Å². The van der Waals surface area contributed by atoms with Crippen molar-refractivity contribution >= 4 is 57.8 Å². The predicted molar refractivity (Wildman–Crippen MR) is 96.7 cm³/mol. The summed E-state index contributed by atoms with van der Waals surface area (Å²) in [5.41, 5.74) is 0. The van der Waals surface area contributed by atoms with Gasteiger partial charge in [0.25, 0.3) is 0 Å². The molecule has 5 heteroatoms. The van der Waals surface area contributed by atoms with E-state index in [4.69, 9.17) is 33.2 Å². The van der Waals surface area contributed by atoms with Gasteiger partial charge in [-0.2, -0.15) is 0 Å². The maximum Gasteiger partial charge on any atom is 0.341 e. The number of benzene rings is 2. The van der Waals surface area contributed by atoms with Gasteiger partial charge in [-0.15, -0.1) is 33.2 Å². The molecule has 2 aromatic rings. The second-order valence-electron chi connectivity index (χ2n) is 4.54. The molecule has 0 radical (unpaired) electrons. The Morgan fingerprint density at radius 3 is 1.60 bits per heavy atom. The Balaban J connectivity index is 2.13. The molecule has 0 aliphatic heterocycles. The normalized spacial score (nSPS) is 11.8. The van der Waals surface area contributed by atoms with Crippen LogP contribution in [0.5, 0.6) is 0 Å². The topological polar surface area (TPSA) is 0 Å². The fraction of sp³-hybridized carbons (Fsp3) is 0.200. The van der Waals surface area contributed by atoms with E-state index in [1.165, 1.54) is 10.6 Å². The highest BCUT2D eigenvalue weighted by Gasteiger charge is 2.25. The van der Waals surface area contributed by atoms with Crippen molar-refractivity contribution in [2.75, 3.05) is 6.16 Å². The zero-order chi connectivity index (χ0) is 14.4. The van der Waals surface area contributed by atoms with Crippen molar-refractivity contribution in [2.24, 2.45) is 0 Å². The molecule has 0 saturated carbocycles. The summed E-state index contributed by atoms with van der Waals surface area (Å²) in [6.07, 6.45) is 2.04. The van der Waals surface area contributed by atoms with E-state index in [-0.39, 0.29) is 7.92 Å². The van der Waals surface area contributed by atoms with Gasteiger partial charge in [0, 0.05) is 0 Å². The van der Waals surface area contributed by atoms with Crippen molar-refractivity contribution < 1.29 is 0 Å². The smallest absolute Gasteiger partial charge is 0.126 e. The zero-order valence-electron chi connectivity index (χ0n) is 11.0. The first kappa shape index (κ1) is 16.3. The molecule has 0 atom stereocenters. The maximum atomic E-state index is 5.99. The van der Waals surface area contributed by atoms with E-state index in [0.29, 0.717) is 0 Å².